The summed E-state index contributed by atoms with van der Waals surface area (Å²) in [5.41, 5.74) is 0. The number of hydrogen-bond donors (Lipinski definition) is 0. The number of esters is 2. The van der Waals surface area contributed by atoms with Crippen LogP contribution >= 0.6 is 0 Å². The van der Waals surface area contributed by atoms with Crippen LogP contribution in [-0.4, -0.2) is 82.3 Å². The highest BCUT2D eigenvalue weighted by molar-refractivity contribution is 5.70. The van der Waals surface area contributed by atoms with Gasteiger partial charge in [-0.3, -0.25) is 9.59 Å². The van der Waals surface area contributed by atoms with E-state index in [0.717, 1.165) is 70.6 Å². The van der Waals surface area contributed by atoms with Gasteiger partial charge in [-0.25, -0.2) is 0 Å². The van der Waals surface area contributed by atoms with Crippen molar-refractivity contribution in [3.05, 3.63) is 72.9 Å². The Balaban J connectivity index is 4.20. The molecule has 0 heterocycles. The number of carboxylic acids is 1. The van der Waals surface area contributed by atoms with E-state index in [-0.39, 0.29) is 38.6 Å². The number of carboxylic acid groups (broad SMARTS) is 1. The average molecular weight is 1050 g/mol. The number of carbonyl (C=O) groups excluding carboxylic acids is 3. The molecule has 0 aliphatic heterocycles. The molecular formula is C66H117NO8. The maximum absolute atomic E-state index is 12.9. The lowest BCUT2D eigenvalue weighted by atomic mass is 10.0. The molecule has 2 unspecified atom stereocenters. The Bertz CT molecular complexity index is 1460. The number of quaternary nitrogens is 1. The van der Waals surface area contributed by atoms with Crippen LogP contribution in [0.15, 0.2) is 72.9 Å². The summed E-state index contributed by atoms with van der Waals surface area (Å²) in [4.78, 5) is 37.4. The van der Waals surface area contributed by atoms with E-state index in [1.807, 2.05) is 21.1 Å². The summed E-state index contributed by atoms with van der Waals surface area (Å²) in [6.45, 7) is 4.65. The predicted molar refractivity (Wildman–Crippen MR) is 315 cm³/mol. The Morgan fingerprint density at radius 1 is 0.413 bits per heavy atom. The van der Waals surface area contributed by atoms with E-state index in [1.165, 1.54) is 167 Å². The molecule has 0 saturated carbocycles. The van der Waals surface area contributed by atoms with Crippen LogP contribution in [0, 0.1) is 0 Å². The molecule has 0 aromatic heterocycles. The fourth-order valence-corrected chi connectivity index (χ4v) is 8.68. The van der Waals surface area contributed by atoms with Crippen LogP contribution < -0.4 is 5.11 Å². The zero-order valence-corrected chi connectivity index (χ0v) is 49.4. The number of aliphatic carboxylic acids is 1. The first kappa shape index (κ1) is 71.7. The Morgan fingerprint density at radius 3 is 1.13 bits per heavy atom. The number of likely N-dealkylation sites (N-methyl/N-ethyl adjacent to an activating group) is 1. The van der Waals surface area contributed by atoms with Crippen LogP contribution in [0.4, 0.5) is 0 Å². The molecule has 9 heteroatoms. The number of unbranched alkanes of at least 4 members (excludes halogenated alkanes) is 30. The standard InChI is InChI=1S/C66H117NO8/c1-6-8-10-12-14-16-18-20-22-24-26-28-30-32-34-36-38-40-42-44-46-48-50-52-54-56-63(68)73-60-62(61-74-66(65(70)71)72-59-58-67(3,4)5)75-64(69)57-55-53-51-49-47-45-43-41-39-37-35-33-31-29-27-25-23-21-19-17-15-13-11-9-7-2/h9,11,15,17-18,20-21,23-24,26-27,29,62,66H,6-8,10,12-14,16,19,22,25,28,30-61H2,1-5H3/b11-9-,17-15-,20-18-,23-21-,26-24-,29-27-. The van der Waals surface area contributed by atoms with Crippen molar-refractivity contribution in [2.45, 2.75) is 283 Å². The van der Waals surface area contributed by atoms with Gasteiger partial charge in [0.2, 0.25) is 0 Å². The van der Waals surface area contributed by atoms with Gasteiger partial charge in [-0.1, -0.05) is 247 Å². The van der Waals surface area contributed by atoms with Crippen LogP contribution in [0.1, 0.15) is 271 Å². The van der Waals surface area contributed by atoms with Crippen molar-refractivity contribution < 1.29 is 42.9 Å². The van der Waals surface area contributed by atoms with E-state index in [9.17, 15) is 19.5 Å². The number of hydrogen-bond acceptors (Lipinski definition) is 8. The van der Waals surface area contributed by atoms with Crippen molar-refractivity contribution in [2.75, 3.05) is 47.5 Å². The van der Waals surface area contributed by atoms with Crippen LogP contribution in [0.3, 0.4) is 0 Å². The molecule has 0 bridgehead atoms. The summed E-state index contributed by atoms with van der Waals surface area (Å²) in [5, 5.41) is 11.8. The molecule has 0 aliphatic rings. The van der Waals surface area contributed by atoms with Gasteiger partial charge in [-0.15, -0.1) is 0 Å². The molecule has 0 N–H and O–H groups in total. The fraction of sp³-hybridized carbons (Fsp3) is 0.773. The van der Waals surface area contributed by atoms with Gasteiger partial charge in [0.25, 0.3) is 0 Å². The Labute approximate surface area is 462 Å². The molecule has 2 atom stereocenters. The summed E-state index contributed by atoms with van der Waals surface area (Å²) in [5.74, 6) is -2.28. The first-order valence-electron chi connectivity index (χ1n) is 31.1. The third kappa shape index (κ3) is 58.3. The van der Waals surface area contributed by atoms with Crippen molar-refractivity contribution >= 4 is 17.9 Å². The Kier molecular flexibility index (Phi) is 54.4. The van der Waals surface area contributed by atoms with Crippen molar-refractivity contribution in [3.63, 3.8) is 0 Å². The second-order valence-corrected chi connectivity index (χ2v) is 22.0. The number of rotatable bonds is 57. The average Bonchev–Trinajstić information content (AvgIpc) is 3.38. The van der Waals surface area contributed by atoms with E-state index in [0.29, 0.717) is 17.4 Å². The van der Waals surface area contributed by atoms with Crippen molar-refractivity contribution in [1.29, 1.82) is 0 Å². The quantitative estimate of drug-likeness (QED) is 0.0195. The molecule has 9 nitrogen and oxygen atoms in total. The second-order valence-electron chi connectivity index (χ2n) is 22.0. The van der Waals surface area contributed by atoms with Gasteiger partial charge in [0.15, 0.2) is 12.4 Å². The lowest BCUT2D eigenvalue weighted by Gasteiger charge is -2.26. The van der Waals surface area contributed by atoms with Gasteiger partial charge in [0, 0.05) is 12.8 Å². The highest BCUT2D eigenvalue weighted by Crippen LogP contribution is 2.17. The summed E-state index contributed by atoms with van der Waals surface area (Å²) >= 11 is 0. The predicted octanol–water partition coefficient (Wildman–Crippen LogP) is 17.2. The molecule has 0 radical (unpaired) electrons. The SMILES string of the molecule is CC/C=C\C/C=C\C/C=C\C/C=C\CCCCCCCCCCCCCCC(=O)OC(COC(=O)CCCCCCCCCCCCCCC/C=C\C/C=C\CCCCCCC)COC(OCC[N+](C)(C)C)C(=O)[O-]. The van der Waals surface area contributed by atoms with Crippen LogP contribution in [0.5, 0.6) is 0 Å². The van der Waals surface area contributed by atoms with E-state index in [1.54, 1.807) is 0 Å². The number of ether oxygens (including phenoxy) is 4. The minimum absolute atomic E-state index is 0.145. The van der Waals surface area contributed by atoms with Crippen LogP contribution in [0.25, 0.3) is 0 Å². The molecule has 0 aromatic carbocycles. The molecule has 0 rings (SSSR count). The van der Waals surface area contributed by atoms with E-state index < -0.39 is 24.3 Å². The van der Waals surface area contributed by atoms with Gasteiger partial charge < -0.3 is 33.3 Å². The largest absolute Gasteiger partial charge is 0.545 e. The monoisotopic (exact) mass is 1050 g/mol. The van der Waals surface area contributed by atoms with Crippen LogP contribution in [0.2, 0.25) is 0 Å². The molecule has 0 fully saturated rings. The topological polar surface area (TPSA) is 111 Å². The molecule has 0 amide bonds. The summed E-state index contributed by atoms with van der Waals surface area (Å²) in [6, 6.07) is 0. The third-order valence-electron chi connectivity index (χ3n) is 13.4. The lowest BCUT2D eigenvalue weighted by molar-refractivity contribution is -0.870. The highest BCUT2D eigenvalue weighted by atomic mass is 16.7. The number of nitrogens with zero attached hydrogens (tertiary/aromatic N) is 1. The van der Waals surface area contributed by atoms with Gasteiger partial charge in [0.05, 0.1) is 40.3 Å². The fourth-order valence-electron chi connectivity index (χ4n) is 8.68. The first-order valence-corrected chi connectivity index (χ1v) is 31.1. The summed E-state index contributed by atoms with van der Waals surface area (Å²) < 4.78 is 22.8. The maximum atomic E-state index is 12.9. The van der Waals surface area contributed by atoms with E-state index in [4.69, 9.17) is 18.9 Å². The van der Waals surface area contributed by atoms with Gasteiger partial charge >= 0.3 is 11.9 Å². The Morgan fingerprint density at radius 2 is 0.760 bits per heavy atom. The van der Waals surface area contributed by atoms with Crippen molar-refractivity contribution in [3.8, 4) is 0 Å². The van der Waals surface area contributed by atoms with Crippen LogP contribution in [-0.2, 0) is 33.3 Å². The van der Waals surface area contributed by atoms with Crippen molar-refractivity contribution in [2.24, 2.45) is 0 Å². The highest BCUT2D eigenvalue weighted by Gasteiger charge is 2.22. The van der Waals surface area contributed by atoms with Gasteiger partial charge in [-0.2, -0.15) is 0 Å². The molecular weight excluding hydrogens is 935 g/mol. The molecule has 0 aliphatic carbocycles. The normalized spacial score (nSPS) is 13.2. The first-order chi connectivity index (χ1) is 36.6. The number of allylic oxidation sites excluding steroid dienone is 12. The lowest BCUT2D eigenvalue weighted by Crippen LogP contribution is -2.44. The zero-order chi connectivity index (χ0) is 54.8. The molecule has 0 aromatic rings. The zero-order valence-electron chi connectivity index (χ0n) is 49.4. The van der Waals surface area contributed by atoms with Gasteiger partial charge in [-0.05, 0) is 83.5 Å². The van der Waals surface area contributed by atoms with Gasteiger partial charge in [0.1, 0.15) is 13.2 Å². The molecule has 434 valence electrons. The van der Waals surface area contributed by atoms with E-state index in [2.05, 4.69) is 86.8 Å². The molecule has 75 heavy (non-hydrogen) atoms. The Hall–Kier alpha value is -3.27. The van der Waals surface area contributed by atoms with Crippen molar-refractivity contribution in [1.82, 2.24) is 0 Å². The number of carbonyl (C=O) groups is 3. The summed E-state index contributed by atoms with van der Waals surface area (Å²) in [7, 11) is 5.93. The maximum Gasteiger partial charge on any atom is 0.306 e. The summed E-state index contributed by atoms with van der Waals surface area (Å²) in [6.07, 6.45) is 70.9. The molecule has 0 saturated heterocycles. The second kappa shape index (κ2) is 56.9. The molecule has 0 spiro atoms. The third-order valence-corrected chi connectivity index (χ3v) is 13.4. The van der Waals surface area contributed by atoms with E-state index >= 15 is 0 Å². The smallest absolute Gasteiger partial charge is 0.306 e. The minimum Gasteiger partial charge on any atom is -0.545 e. The minimum atomic E-state index is -1.62.